The highest BCUT2D eigenvalue weighted by Gasteiger charge is 2.22. The molecule has 0 aliphatic carbocycles. The molecule has 37 heavy (non-hydrogen) atoms. The molecule has 0 fully saturated rings. The summed E-state index contributed by atoms with van der Waals surface area (Å²) in [6, 6.07) is 8.82. The minimum Gasteiger partial charge on any atom is -0.464 e. The van der Waals surface area contributed by atoms with Crippen molar-refractivity contribution in [2.75, 3.05) is 35.7 Å². The van der Waals surface area contributed by atoms with Crippen LogP contribution in [0.25, 0.3) is 5.69 Å². The van der Waals surface area contributed by atoms with E-state index in [2.05, 4.69) is 43.2 Å². The topological polar surface area (TPSA) is 75.6 Å². The predicted octanol–water partition coefficient (Wildman–Crippen LogP) is 6.96. The van der Waals surface area contributed by atoms with Crippen LogP contribution in [-0.4, -0.2) is 36.8 Å². The van der Waals surface area contributed by atoms with Gasteiger partial charge in [-0.1, -0.05) is 39.3 Å². The Morgan fingerprint density at radius 1 is 1.00 bits per heavy atom. The van der Waals surface area contributed by atoms with Gasteiger partial charge in [0.25, 0.3) is 0 Å². The number of hydrogen-bond donors (Lipinski definition) is 2. The van der Waals surface area contributed by atoms with Gasteiger partial charge in [0, 0.05) is 31.0 Å². The number of carbonyl (C=O) groups is 2. The summed E-state index contributed by atoms with van der Waals surface area (Å²) in [5.74, 6) is -1.61. The lowest BCUT2D eigenvalue weighted by Gasteiger charge is -2.31. The molecule has 0 radical (unpaired) electrons. The third kappa shape index (κ3) is 7.01. The van der Waals surface area contributed by atoms with Crippen LogP contribution in [0.5, 0.6) is 0 Å². The first-order valence-corrected chi connectivity index (χ1v) is 12.3. The number of methoxy groups -OCH3 is 1. The number of esters is 1. The maximum Gasteiger partial charge on any atom is 0.355 e. The number of nitrogens with one attached hydrogen (secondary N) is 2. The zero-order chi connectivity index (χ0) is 27.3. The van der Waals surface area contributed by atoms with Crippen molar-refractivity contribution in [1.82, 2.24) is 4.57 Å². The fourth-order valence-corrected chi connectivity index (χ4v) is 4.36. The largest absolute Gasteiger partial charge is 0.464 e. The Labute approximate surface area is 220 Å². The maximum absolute atomic E-state index is 14.2. The Kier molecular flexibility index (Phi) is 9.15. The lowest BCUT2D eigenvalue weighted by molar-refractivity contribution is 0.0591. The van der Waals surface area contributed by atoms with Crippen molar-refractivity contribution >= 4 is 40.7 Å². The van der Waals surface area contributed by atoms with Crippen LogP contribution in [-0.2, 0) is 4.74 Å². The number of aromatic nitrogens is 1. The first kappa shape index (κ1) is 28.0. The number of anilines is 3. The molecule has 2 aromatic carbocycles. The van der Waals surface area contributed by atoms with Gasteiger partial charge in [-0.05, 0) is 48.2 Å². The molecular formula is C27H31ClF2N4O3. The molecular weight excluding hydrogens is 502 g/mol. The monoisotopic (exact) mass is 532 g/mol. The summed E-state index contributed by atoms with van der Waals surface area (Å²) >= 11 is 6.82. The quantitative estimate of drug-likeness (QED) is 0.292. The van der Waals surface area contributed by atoms with Gasteiger partial charge in [0.1, 0.15) is 17.3 Å². The lowest BCUT2D eigenvalue weighted by Crippen LogP contribution is -2.33. The molecule has 198 valence electrons. The standard InChI is InChI=1S/C27H31ClF2N4O3/c1-16(2)14-33(15-17(3)4)25-20(28)12-19(34-10-6-7-24(34)26(35)37-5)13-23(25)32-27(36)31-22-9-8-18(29)11-21(22)30/h6-13,16-17H,14-15H2,1-5H3,(H2,31,32,36). The molecule has 7 nitrogen and oxygen atoms in total. The van der Waals surface area contributed by atoms with Crippen LogP contribution < -0.4 is 15.5 Å². The van der Waals surface area contributed by atoms with E-state index >= 15 is 0 Å². The van der Waals surface area contributed by atoms with Gasteiger partial charge in [0.05, 0.1) is 29.2 Å². The van der Waals surface area contributed by atoms with Gasteiger partial charge in [-0.2, -0.15) is 0 Å². The second-order valence-corrected chi connectivity index (χ2v) is 9.88. The molecule has 0 aliphatic heterocycles. The Hall–Kier alpha value is -3.59. The molecule has 0 aliphatic rings. The number of nitrogens with zero attached hydrogens (tertiary/aromatic N) is 2. The van der Waals surface area contributed by atoms with Crippen LogP contribution in [0.3, 0.4) is 0 Å². The van der Waals surface area contributed by atoms with Crippen molar-refractivity contribution in [3.8, 4) is 5.69 Å². The normalized spacial score (nSPS) is 11.1. The summed E-state index contributed by atoms with van der Waals surface area (Å²) in [5, 5.41) is 5.53. The number of urea groups is 1. The highest BCUT2D eigenvalue weighted by molar-refractivity contribution is 6.34. The highest BCUT2D eigenvalue weighted by atomic mass is 35.5. The molecule has 0 spiro atoms. The van der Waals surface area contributed by atoms with Crippen LogP contribution in [0, 0.1) is 23.5 Å². The molecule has 10 heteroatoms. The van der Waals surface area contributed by atoms with Crippen LogP contribution in [0.1, 0.15) is 38.2 Å². The molecule has 3 rings (SSSR count). The van der Waals surface area contributed by atoms with E-state index in [0.29, 0.717) is 53.1 Å². The number of benzene rings is 2. The SMILES string of the molecule is COC(=O)c1cccn1-c1cc(Cl)c(N(CC(C)C)CC(C)C)c(NC(=O)Nc2ccc(F)cc2F)c1. The zero-order valence-corrected chi connectivity index (χ0v) is 22.2. The summed E-state index contributed by atoms with van der Waals surface area (Å²) in [4.78, 5) is 27.3. The second kappa shape index (κ2) is 12.1. The molecule has 0 unspecified atom stereocenters. The summed E-state index contributed by atoms with van der Waals surface area (Å²) in [5.41, 5.74) is 1.55. The molecule has 0 saturated carbocycles. The van der Waals surface area contributed by atoms with Crippen LogP contribution >= 0.6 is 11.6 Å². The van der Waals surface area contributed by atoms with Gasteiger partial charge in [0.15, 0.2) is 0 Å². The van der Waals surface area contributed by atoms with Crippen LogP contribution in [0.15, 0.2) is 48.7 Å². The van der Waals surface area contributed by atoms with E-state index in [1.165, 1.54) is 7.11 Å². The van der Waals surface area contributed by atoms with Gasteiger partial charge >= 0.3 is 12.0 Å². The molecule has 1 aromatic heterocycles. The predicted molar refractivity (Wildman–Crippen MR) is 143 cm³/mol. The number of carbonyl (C=O) groups excluding carboxylic acids is 2. The lowest BCUT2D eigenvalue weighted by atomic mass is 10.1. The fourth-order valence-electron chi connectivity index (χ4n) is 4.02. The Balaban J connectivity index is 2.09. The molecule has 0 atom stereocenters. The number of amides is 2. The van der Waals surface area contributed by atoms with E-state index in [1.54, 1.807) is 35.0 Å². The average Bonchev–Trinajstić information content (AvgIpc) is 3.29. The van der Waals surface area contributed by atoms with Gasteiger partial charge < -0.3 is 24.8 Å². The second-order valence-electron chi connectivity index (χ2n) is 9.47. The van der Waals surface area contributed by atoms with E-state index in [-0.39, 0.29) is 11.4 Å². The summed E-state index contributed by atoms with van der Waals surface area (Å²) in [6.07, 6.45) is 1.68. The van der Waals surface area contributed by atoms with Gasteiger partial charge in [0.2, 0.25) is 0 Å². The van der Waals surface area contributed by atoms with E-state index in [0.717, 1.165) is 12.1 Å². The minimum atomic E-state index is -0.904. The van der Waals surface area contributed by atoms with Crippen molar-refractivity contribution in [2.45, 2.75) is 27.7 Å². The third-order valence-corrected chi connectivity index (χ3v) is 5.67. The molecule has 0 bridgehead atoms. The van der Waals surface area contributed by atoms with E-state index in [4.69, 9.17) is 16.3 Å². The molecule has 2 N–H and O–H groups in total. The maximum atomic E-state index is 14.2. The summed E-state index contributed by atoms with van der Waals surface area (Å²) in [7, 11) is 1.29. The minimum absolute atomic E-state index is 0.178. The van der Waals surface area contributed by atoms with Gasteiger partial charge in [-0.15, -0.1) is 0 Å². The van der Waals surface area contributed by atoms with Crippen LogP contribution in [0.2, 0.25) is 5.02 Å². The number of rotatable bonds is 9. The number of halogens is 3. The molecule has 1 heterocycles. The number of hydrogen-bond acceptors (Lipinski definition) is 4. The third-order valence-electron chi connectivity index (χ3n) is 5.38. The molecule has 0 saturated heterocycles. The summed E-state index contributed by atoms with van der Waals surface area (Å²) in [6.45, 7) is 9.64. The summed E-state index contributed by atoms with van der Waals surface area (Å²) < 4.78 is 33.9. The van der Waals surface area contributed by atoms with Crippen molar-refractivity contribution in [3.05, 3.63) is 71.0 Å². The fraction of sp³-hybridized carbons (Fsp3) is 0.333. The zero-order valence-electron chi connectivity index (χ0n) is 21.4. The van der Waals surface area contributed by atoms with Gasteiger partial charge in [-0.25, -0.2) is 18.4 Å². The Morgan fingerprint density at radius 3 is 2.24 bits per heavy atom. The van der Waals surface area contributed by atoms with Crippen molar-refractivity contribution in [2.24, 2.45) is 11.8 Å². The first-order valence-electron chi connectivity index (χ1n) is 11.9. The van der Waals surface area contributed by atoms with Crippen LogP contribution in [0.4, 0.5) is 30.6 Å². The number of ether oxygens (including phenoxy) is 1. The van der Waals surface area contributed by atoms with Crippen molar-refractivity contribution in [1.29, 1.82) is 0 Å². The molecule has 2 amide bonds. The first-order chi connectivity index (χ1) is 17.5. The van der Waals surface area contributed by atoms with Gasteiger partial charge in [-0.3, -0.25) is 0 Å². The van der Waals surface area contributed by atoms with E-state index in [1.807, 2.05) is 0 Å². The van der Waals surface area contributed by atoms with Crippen molar-refractivity contribution in [3.63, 3.8) is 0 Å². The molecule has 3 aromatic rings. The Bertz CT molecular complexity index is 1270. The van der Waals surface area contributed by atoms with E-state index < -0.39 is 23.6 Å². The Morgan fingerprint density at radius 2 is 1.65 bits per heavy atom. The average molecular weight is 533 g/mol. The highest BCUT2D eigenvalue weighted by Crippen LogP contribution is 2.38. The van der Waals surface area contributed by atoms with Crippen molar-refractivity contribution < 1.29 is 23.1 Å². The van der Waals surface area contributed by atoms with E-state index in [9.17, 15) is 18.4 Å². The smallest absolute Gasteiger partial charge is 0.355 e.